The van der Waals surface area contributed by atoms with E-state index < -0.39 is 4.92 Å². The largest absolute Gasteiger partial charge is 0.437 e. The van der Waals surface area contributed by atoms with Crippen LogP contribution in [0.25, 0.3) is 27.8 Å². The second-order valence-corrected chi connectivity index (χ2v) is 6.74. The summed E-state index contributed by atoms with van der Waals surface area (Å²) in [6, 6.07) is 15.5. The van der Waals surface area contributed by atoms with E-state index in [2.05, 4.69) is 15.3 Å². The van der Waals surface area contributed by atoms with Gasteiger partial charge >= 0.3 is 0 Å². The summed E-state index contributed by atoms with van der Waals surface area (Å²) in [5.41, 5.74) is 1.55. The van der Waals surface area contributed by atoms with E-state index in [1.165, 1.54) is 6.07 Å². The lowest BCUT2D eigenvalue weighted by atomic mass is 10.1. The maximum Gasteiger partial charge on any atom is 0.277 e. The van der Waals surface area contributed by atoms with Gasteiger partial charge in [-0.15, -0.1) is 15.3 Å². The summed E-state index contributed by atoms with van der Waals surface area (Å²) >= 11 is 1.56. The molecule has 3 heterocycles. The van der Waals surface area contributed by atoms with Crippen LogP contribution < -0.4 is 4.74 Å². The molecule has 5 rings (SSSR count). The summed E-state index contributed by atoms with van der Waals surface area (Å²) in [5.74, 6) is 1.44. The third kappa shape index (κ3) is 2.65. The molecule has 8 nitrogen and oxygen atoms in total. The van der Waals surface area contributed by atoms with Gasteiger partial charge < -0.3 is 4.74 Å². The van der Waals surface area contributed by atoms with Gasteiger partial charge in [-0.05, 0) is 29.6 Å². The molecule has 0 unspecified atom stereocenters. The zero-order valence-electron chi connectivity index (χ0n) is 14.2. The summed E-state index contributed by atoms with van der Waals surface area (Å²) in [6.07, 6.45) is 0. The minimum Gasteiger partial charge on any atom is -0.437 e. The van der Waals surface area contributed by atoms with E-state index in [-0.39, 0.29) is 5.69 Å². The number of non-ortho nitro benzene ring substituents is 1. The first kappa shape index (κ1) is 16.3. The monoisotopic (exact) mass is 389 g/mol. The summed E-state index contributed by atoms with van der Waals surface area (Å²) in [6.45, 7) is 0. The van der Waals surface area contributed by atoms with Crippen molar-refractivity contribution in [3.05, 3.63) is 75.5 Å². The van der Waals surface area contributed by atoms with Gasteiger partial charge in [0.05, 0.1) is 10.3 Å². The number of benzene rings is 2. The molecule has 0 radical (unpaired) electrons. The molecule has 0 aliphatic heterocycles. The molecular weight excluding hydrogens is 378 g/mol. The molecule has 0 saturated heterocycles. The van der Waals surface area contributed by atoms with Gasteiger partial charge in [0.1, 0.15) is 5.75 Å². The van der Waals surface area contributed by atoms with Crippen LogP contribution in [-0.4, -0.2) is 24.7 Å². The quantitative estimate of drug-likeness (QED) is 0.326. The lowest BCUT2D eigenvalue weighted by Gasteiger charge is -2.09. The highest BCUT2D eigenvalue weighted by atomic mass is 32.1. The number of hydrogen-bond acceptors (Lipinski definition) is 7. The van der Waals surface area contributed by atoms with Gasteiger partial charge in [0.15, 0.2) is 11.5 Å². The topological polar surface area (TPSA) is 95.5 Å². The number of rotatable bonds is 4. The Bertz CT molecular complexity index is 1330. The molecule has 0 aliphatic rings. The van der Waals surface area contributed by atoms with Crippen LogP contribution in [0.4, 0.5) is 5.69 Å². The Balaban J connectivity index is 1.60. The zero-order chi connectivity index (χ0) is 19.1. The highest BCUT2D eigenvalue weighted by molar-refractivity contribution is 7.08. The molecule has 0 N–H and O–H groups in total. The first-order valence-corrected chi connectivity index (χ1v) is 9.24. The predicted octanol–water partition coefficient (Wildman–Crippen LogP) is 4.71. The van der Waals surface area contributed by atoms with E-state index >= 15 is 0 Å². The van der Waals surface area contributed by atoms with Gasteiger partial charge in [-0.1, -0.05) is 18.2 Å². The fraction of sp³-hybridized carbons (Fsp3) is 0. The van der Waals surface area contributed by atoms with Crippen molar-refractivity contribution in [3.8, 4) is 23.0 Å². The lowest BCUT2D eigenvalue weighted by molar-refractivity contribution is -0.383. The molecule has 136 valence electrons. The number of nitrogens with zero attached hydrogens (tertiary/aromatic N) is 5. The second kappa shape index (κ2) is 6.39. The minimum absolute atomic E-state index is 0.0323. The molecule has 0 aliphatic carbocycles. The Kier molecular flexibility index (Phi) is 3.73. The van der Waals surface area contributed by atoms with Crippen LogP contribution >= 0.6 is 11.3 Å². The summed E-state index contributed by atoms with van der Waals surface area (Å²) in [4.78, 5) is 10.9. The van der Waals surface area contributed by atoms with Crippen molar-refractivity contribution in [2.75, 3.05) is 0 Å². The van der Waals surface area contributed by atoms with Crippen LogP contribution in [0.3, 0.4) is 0 Å². The molecule has 0 atom stereocenters. The molecule has 0 spiro atoms. The van der Waals surface area contributed by atoms with Gasteiger partial charge in [0.25, 0.3) is 5.69 Å². The molecule has 2 aromatic carbocycles. The number of aromatic nitrogens is 4. The molecule has 0 fully saturated rings. The van der Waals surface area contributed by atoms with Crippen molar-refractivity contribution >= 4 is 33.4 Å². The molecular formula is C19H11N5O3S. The van der Waals surface area contributed by atoms with Crippen molar-refractivity contribution in [1.82, 2.24) is 19.8 Å². The molecule has 5 aromatic rings. The maximum atomic E-state index is 11.3. The van der Waals surface area contributed by atoms with E-state index in [9.17, 15) is 10.1 Å². The van der Waals surface area contributed by atoms with E-state index in [1.54, 1.807) is 52.3 Å². The van der Waals surface area contributed by atoms with E-state index in [0.717, 1.165) is 5.56 Å². The Morgan fingerprint density at radius 2 is 1.86 bits per heavy atom. The molecule has 28 heavy (non-hydrogen) atoms. The van der Waals surface area contributed by atoms with Crippen LogP contribution in [0.15, 0.2) is 65.4 Å². The molecule has 3 aromatic heterocycles. The Hall–Kier alpha value is -3.85. The fourth-order valence-electron chi connectivity index (χ4n) is 3.01. The van der Waals surface area contributed by atoms with Crippen molar-refractivity contribution < 1.29 is 9.66 Å². The third-order valence-corrected chi connectivity index (χ3v) is 4.97. The van der Waals surface area contributed by atoms with Crippen LogP contribution in [0.2, 0.25) is 0 Å². The van der Waals surface area contributed by atoms with E-state index in [0.29, 0.717) is 33.9 Å². The average Bonchev–Trinajstić information content (AvgIpc) is 3.37. The van der Waals surface area contributed by atoms with Gasteiger partial charge in [-0.25, -0.2) is 0 Å². The fourth-order valence-corrected chi connectivity index (χ4v) is 3.65. The van der Waals surface area contributed by atoms with Crippen LogP contribution in [-0.2, 0) is 0 Å². The summed E-state index contributed by atoms with van der Waals surface area (Å²) in [5, 5.41) is 29.2. The van der Waals surface area contributed by atoms with Crippen molar-refractivity contribution in [2.24, 2.45) is 0 Å². The molecule has 0 saturated carbocycles. The van der Waals surface area contributed by atoms with Gasteiger partial charge in [0, 0.05) is 28.5 Å². The number of ether oxygens (including phenoxy) is 1. The van der Waals surface area contributed by atoms with Gasteiger partial charge in [-0.2, -0.15) is 15.9 Å². The normalized spacial score (nSPS) is 11.1. The Morgan fingerprint density at radius 3 is 2.64 bits per heavy atom. The highest BCUT2D eigenvalue weighted by Crippen LogP contribution is 2.35. The van der Waals surface area contributed by atoms with E-state index in [1.807, 2.05) is 22.9 Å². The summed E-state index contributed by atoms with van der Waals surface area (Å²) < 4.78 is 7.58. The first-order chi connectivity index (χ1) is 13.7. The van der Waals surface area contributed by atoms with Gasteiger partial charge in [0.2, 0.25) is 5.88 Å². The first-order valence-electron chi connectivity index (χ1n) is 8.30. The average molecular weight is 389 g/mol. The van der Waals surface area contributed by atoms with E-state index in [4.69, 9.17) is 4.74 Å². The number of thiophene rings is 1. The van der Waals surface area contributed by atoms with Crippen LogP contribution in [0.1, 0.15) is 0 Å². The molecule has 0 amide bonds. The highest BCUT2D eigenvalue weighted by Gasteiger charge is 2.16. The van der Waals surface area contributed by atoms with Crippen molar-refractivity contribution in [3.63, 3.8) is 0 Å². The Labute approximate surface area is 161 Å². The Morgan fingerprint density at radius 1 is 1.00 bits per heavy atom. The van der Waals surface area contributed by atoms with Crippen molar-refractivity contribution in [1.29, 1.82) is 0 Å². The van der Waals surface area contributed by atoms with Crippen LogP contribution in [0, 0.1) is 10.1 Å². The third-order valence-electron chi connectivity index (χ3n) is 4.29. The predicted molar refractivity (Wildman–Crippen MR) is 105 cm³/mol. The minimum atomic E-state index is -0.402. The summed E-state index contributed by atoms with van der Waals surface area (Å²) in [7, 11) is 0. The van der Waals surface area contributed by atoms with Gasteiger partial charge in [-0.3, -0.25) is 10.1 Å². The second-order valence-electron chi connectivity index (χ2n) is 5.96. The maximum absolute atomic E-state index is 11.3. The number of nitro groups is 1. The molecule has 0 bridgehead atoms. The number of hydrogen-bond donors (Lipinski definition) is 0. The lowest BCUT2D eigenvalue weighted by Crippen LogP contribution is -1.98. The standard InChI is InChI=1S/C19H11N5O3S/c25-24(26)15-5-6-16(14-4-2-1-3-13(14)15)27-18-8-7-17-20-21-19(23(17)22-18)12-9-10-28-11-12/h1-11H. The zero-order valence-corrected chi connectivity index (χ0v) is 15.0. The van der Waals surface area contributed by atoms with Crippen LogP contribution in [0.5, 0.6) is 11.6 Å². The number of fused-ring (bicyclic) bond motifs is 2. The van der Waals surface area contributed by atoms with Crippen molar-refractivity contribution in [2.45, 2.75) is 0 Å². The SMILES string of the molecule is O=[N+]([O-])c1ccc(Oc2ccc3nnc(-c4ccsc4)n3n2)c2ccccc12. The smallest absolute Gasteiger partial charge is 0.277 e. The molecule has 9 heteroatoms. The number of nitro benzene ring substituents is 1.